The Bertz CT molecular complexity index is 579. The summed E-state index contributed by atoms with van der Waals surface area (Å²) in [6.07, 6.45) is 1.79. The maximum atomic E-state index is 10.6. The number of non-ortho nitro benzene ring substituents is 1. The van der Waals surface area contributed by atoms with Gasteiger partial charge in [-0.05, 0) is 26.3 Å². The van der Waals surface area contributed by atoms with Gasteiger partial charge in [0.25, 0.3) is 5.69 Å². The first-order valence-electron chi connectivity index (χ1n) is 6.32. The van der Waals surface area contributed by atoms with Crippen molar-refractivity contribution in [3.63, 3.8) is 0 Å². The van der Waals surface area contributed by atoms with Crippen molar-refractivity contribution in [3.05, 3.63) is 56.5 Å². The number of hydrogen-bond donors (Lipinski definition) is 1. The first-order valence-corrected chi connectivity index (χ1v) is 7.20. The van der Waals surface area contributed by atoms with Gasteiger partial charge in [-0.2, -0.15) is 0 Å². The highest BCUT2D eigenvalue weighted by atomic mass is 32.1. The number of hydrogen-bond acceptors (Lipinski definition) is 5. The molecule has 0 bridgehead atoms. The summed E-state index contributed by atoms with van der Waals surface area (Å²) >= 11 is 1.61. The normalized spacial score (nSPS) is 13.2. The zero-order valence-electron chi connectivity index (χ0n) is 11.7. The lowest BCUT2D eigenvalue weighted by molar-refractivity contribution is -0.384. The van der Waals surface area contributed by atoms with Crippen molar-refractivity contribution in [1.82, 2.24) is 10.3 Å². The molecule has 0 aliphatic rings. The highest BCUT2D eigenvalue weighted by molar-refractivity contribution is 7.09. The van der Waals surface area contributed by atoms with Crippen LogP contribution in [0.25, 0.3) is 0 Å². The van der Waals surface area contributed by atoms with E-state index in [1.165, 1.54) is 12.1 Å². The molecule has 0 saturated heterocycles. The van der Waals surface area contributed by atoms with Crippen LogP contribution in [0.15, 0.2) is 35.8 Å². The number of nitro groups is 1. The van der Waals surface area contributed by atoms with Gasteiger partial charge in [-0.25, -0.2) is 4.98 Å². The van der Waals surface area contributed by atoms with Crippen molar-refractivity contribution < 1.29 is 4.92 Å². The van der Waals surface area contributed by atoms with Crippen LogP contribution in [0, 0.1) is 10.1 Å². The summed E-state index contributed by atoms with van der Waals surface area (Å²) < 4.78 is 0. The third-order valence-electron chi connectivity index (χ3n) is 3.15. The number of benzene rings is 1. The average molecular weight is 291 g/mol. The van der Waals surface area contributed by atoms with E-state index in [4.69, 9.17) is 0 Å². The number of aromatic nitrogens is 1. The lowest BCUT2D eigenvalue weighted by Crippen LogP contribution is -2.38. The van der Waals surface area contributed by atoms with Crippen molar-refractivity contribution >= 4 is 17.0 Å². The van der Waals surface area contributed by atoms with Crippen molar-refractivity contribution in [2.75, 3.05) is 0 Å². The molecule has 1 atom stereocenters. The van der Waals surface area contributed by atoms with E-state index in [2.05, 4.69) is 24.1 Å². The maximum Gasteiger partial charge on any atom is 0.269 e. The molecule has 6 heteroatoms. The van der Waals surface area contributed by atoms with Crippen molar-refractivity contribution in [2.45, 2.75) is 32.4 Å². The fourth-order valence-corrected chi connectivity index (χ4v) is 2.83. The predicted octanol–water partition coefficient (Wildman–Crippen LogP) is 3.64. The van der Waals surface area contributed by atoms with Crippen LogP contribution < -0.4 is 5.32 Å². The summed E-state index contributed by atoms with van der Waals surface area (Å²) in [7, 11) is 0. The van der Waals surface area contributed by atoms with Crippen LogP contribution in [0.2, 0.25) is 0 Å². The lowest BCUT2D eigenvalue weighted by Gasteiger charge is -2.28. The second-order valence-corrected chi connectivity index (χ2v) is 6.07. The average Bonchev–Trinajstić information content (AvgIpc) is 2.93. The summed E-state index contributed by atoms with van der Waals surface area (Å²) in [6.45, 7) is 6.19. The molecule has 106 valence electrons. The maximum absolute atomic E-state index is 10.6. The van der Waals surface area contributed by atoms with Crippen molar-refractivity contribution in [2.24, 2.45) is 0 Å². The molecule has 1 aromatic heterocycles. The quantitative estimate of drug-likeness (QED) is 0.674. The van der Waals surface area contributed by atoms with E-state index in [9.17, 15) is 10.1 Å². The molecule has 0 aliphatic heterocycles. The minimum absolute atomic E-state index is 0.0784. The topological polar surface area (TPSA) is 68.1 Å². The third-order valence-corrected chi connectivity index (χ3v) is 4.25. The van der Waals surface area contributed by atoms with Crippen LogP contribution in [0.1, 0.15) is 37.4 Å². The second-order valence-electron chi connectivity index (χ2n) is 5.18. The van der Waals surface area contributed by atoms with Gasteiger partial charge in [0, 0.05) is 29.8 Å². The fraction of sp³-hybridized carbons (Fsp3) is 0.357. The van der Waals surface area contributed by atoms with Crippen LogP contribution in [-0.4, -0.2) is 9.91 Å². The predicted molar refractivity (Wildman–Crippen MR) is 79.8 cm³/mol. The first kappa shape index (κ1) is 14.6. The first-order chi connectivity index (χ1) is 9.40. The van der Waals surface area contributed by atoms with E-state index >= 15 is 0 Å². The highest BCUT2D eigenvalue weighted by Gasteiger charge is 2.25. The summed E-state index contributed by atoms with van der Waals surface area (Å²) in [5.74, 6) is 0. The Morgan fingerprint density at radius 3 is 2.50 bits per heavy atom. The molecule has 2 rings (SSSR count). The van der Waals surface area contributed by atoms with Crippen molar-refractivity contribution in [3.8, 4) is 0 Å². The Morgan fingerprint density at radius 2 is 2.00 bits per heavy atom. The summed E-state index contributed by atoms with van der Waals surface area (Å²) in [5.41, 5.74) is 0.885. The zero-order valence-corrected chi connectivity index (χ0v) is 12.5. The number of nitrogens with zero attached hydrogens (tertiary/aromatic N) is 2. The molecule has 1 heterocycles. The van der Waals surface area contributed by atoms with Gasteiger partial charge in [-0.15, -0.1) is 11.3 Å². The summed E-state index contributed by atoms with van der Waals surface area (Å²) in [4.78, 5) is 14.6. The molecule has 0 radical (unpaired) electrons. The fourth-order valence-electron chi connectivity index (χ4n) is 2.10. The van der Waals surface area contributed by atoms with E-state index in [1.54, 1.807) is 29.7 Å². The minimum atomic E-state index is -0.388. The smallest absolute Gasteiger partial charge is 0.269 e. The van der Waals surface area contributed by atoms with Gasteiger partial charge in [0.1, 0.15) is 5.01 Å². The SMILES string of the molecule is CC(NC(C)(C)c1nccs1)c1ccc([N+](=O)[O-])cc1. The molecule has 1 unspecified atom stereocenters. The lowest BCUT2D eigenvalue weighted by atomic mass is 10.0. The Labute approximate surface area is 121 Å². The van der Waals surface area contributed by atoms with Gasteiger partial charge in [0.05, 0.1) is 10.5 Å². The van der Waals surface area contributed by atoms with E-state index in [1.807, 2.05) is 12.3 Å². The molecular weight excluding hydrogens is 274 g/mol. The van der Waals surface area contributed by atoms with Gasteiger partial charge < -0.3 is 0 Å². The molecule has 0 amide bonds. The zero-order chi connectivity index (χ0) is 14.8. The standard InChI is InChI=1S/C14H17N3O2S/c1-10(11-4-6-12(7-5-11)17(18)19)16-14(2,3)13-15-8-9-20-13/h4-10,16H,1-3H3. The molecule has 1 aromatic carbocycles. The monoisotopic (exact) mass is 291 g/mol. The van der Waals surface area contributed by atoms with E-state index < -0.39 is 0 Å². The van der Waals surface area contributed by atoms with Crippen molar-refractivity contribution in [1.29, 1.82) is 0 Å². The van der Waals surface area contributed by atoms with E-state index in [0.29, 0.717) is 0 Å². The molecule has 0 aliphatic carbocycles. The molecule has 0 fully saturated rings. The molecule has 5 nitrogen and oxygen atoms in total. The molecule has 0 saturated carbocycles. The number of nitrogens with one attached hydrogen (secondary N) is 1. The largest absolute Gasteiger partial charge is 0.299 e. The minimum Gasteiger partial charge on any atom is -0.299 e. The molecule has 20 heavy (non-hydrogen) atoms. The van der Waals surface area contributed by atoms with Gasteiger partial charge in [-0.3, -0.25) is 15.4 Å². The van der Waals surface area contributed by atoms with Crippen LogP contribution in [-0.2, 0) is 5.54 Å². The second kappa shape index (κ2) is 5.68. The van der Waals surface area contributed by atoms with Gasteiger partial charge in [0.2, 0.25) is 0 Å². The molecular formula is C14H17N3O2S. The van der Waals surface area contributed by atoms with Gasteiger partial charge >= 0.3 is 0 Å². The number of thiazole rings is 1. The Morgan fingerprint density at radius 1 is 1.35 bits per heavy atom. The van der Waals surface area contributed by atoms with Gasteiger partial charge in [-0.1, -0.05) is 12.1 Å². The van der Waals surface area contributed by atoms with Crippen LogP contribution in [0.4, 0.5) is 5.69 Å². The summed E-state index contributed by atoms with van der Waals surface area (Å²) in [5, 5.41) is 17.1. The van der Waals surface area contributed by atoms with Crippen LogP contribution >= 0.6 is 11.3 Å². The van der Waals surface area contributed by atoms with E-state index in [0.717, 1.165) is 10.6 Å². The summed E-state index contributed by atoms with van der Waals surface area (Å²) in [6, 6.07) is 6.71. The Hall–Kier alpha value is -1.79. The third kappa shape index (κ3) is 3.20. The molecule has 1 N–H and O–H groups in total. The molecule has 2 aromatic rings. The number of rotatable bonds is 5. The molecule has 0 spiro atoms. The van der Waals surface area contributed by atoms with Gasteiger partial charge in [0.15, 0.2) is 0 Å². The van der Waals surface area contributed by atoms with Crippen LogP contribution in [0.3, 0.4) is 0 Å². The Kier molecular flexibility index (Phi) is 4.15. The number of nitro benzene ring substituents is 1. The van der Waals surface area contributed by atoms with E-state index in [-0.39, 0.29) is 22.2 Å². The van der Waals surface area contributed by atoms with Crippen LogP contribution in [0.5, 0.6) is 0 Å². The highest BCUT2D eigenvalue weighted by Crippen LogP contribution is 2.26. The Balaban J connectivity index is 2.11.